The Bertz CT molecular complexity index is 492. The first-order chi connectivity index (χ1) is 9.16. The number of hydrogen-bond donors (Lipinski definition) is 2. The quantitative estimate of drug-likeness (QED) is 0.643. The summed E-state index contributed by atoms with van der Waals surface area (Å²) in [6.07, 6.45) is -4.14. The summed E-state index contributed by atoms with van der Waals surface area (Å²) < 4.78 is 37.7. The van der Waals surface area contributed by atoms with Crippen molar-refractivity contribution in [1.29, 1.82) is 0 Å². The van der Waals surface area contributed by atoms with Gasteiger partial charge in [0.15, 0.2) is 0 Å². The molecule has 0 aliphatic rings. The van der Waals surface area contributed by atoms with Crippen LogP contribution < -0.4 is 5.32 Å². The van der Waals surface area contributed by atoms with Gasteiger partial charge < -0.3 is 10.4 Å². The second-order valence-electron chi connectivity index (χ2n) is 4.52. The van der Waals surface area contributed by atoms with Crippen LogP contribution in [0.2, 0.25) is 0 Å². The average molecular weight is 293 g/mol. The Balaban J connectivity index is 3.22. The van der Waals surface area contributed by atoms with Crippen LogP contribution in [-0.2, 0) is 6.18 Å². The highest BCUT2D eigenvalue weighted by atomic mass is 19.4. The Morgan fingerprint density at radius 3 is 2.50 bits per heavy atom. The molecule has 0 saturated heterocycles. The van der Waals surface area contributed by atoms with Crippen LogP contribution in [0.25, 0.3) is 0 Å². The topological polar surface area (TPSA) is 88.3 Å². The summed E-state index contributed by atoms with van der Waals surface area (Å²) in [7, 11) is 0. The molecule has 0 aromatic carbocycles. The number of alkyl halides is 3. The molecule has 0 aliphatic heterocycles. The van der Waals surface area contributed by atoms with E-state index in [0.29, 0.717) is 12.3 Å². The van der Waals surface area contributed by atoms with E-state index < -0.39 is 28.5 Å². The standard InChI is InChI=1S/C11H14F3N3O3/c1-6(2)8(5-18)16-7-3-10(11(12,13)14)15-4-9(7)17(19)20/h3-4,6,8,18H,5H2,1-2H3,(H,15,16). The van der Waals surface area contributed by atoms with Crippen molar-refractivity contribution in [3.05, 3.63) is 28.1 Å². The van der Waals surface area contributed by atoms with Crippen molar-refractivity contribution in [3.63, 3.8) is 0 Å². The molecule has 2 N–H and O–H groups in total. The minimum Gasteiger partial charge on any atom is -0.394 e. The molecule has 9 heteroatoms. The Labute approximate surface area is 112 Å². The van der Waals surface area contributed by atoms with Gasteiger partial charge >= 0.3 is 11.9 Å². The maximum absolute atomic E-state index is 12.6. The Kier molecular flexibility index (Phi) is 4.88. The minimum atomic E-state index is -4.70. The molecular weight excluding hydrogens is 279 g/mol. The van der Waals surface area contributed by atoms with E-state index in [1.165, 1.54) is 0 Å². The van der Waals surface area contributed by atoms with E-state index in [-0.39, 0.29) is 18.2 Å². The fraction of sp³-hybridized carbons (Fsp3) is 0.545. The number of aromatic nitrogens is 1. The van der Waals surface area contributed by atoms with Crippen molar-refractivity contribution in [3.8, 4) is 0 Å². The molecule has 0 bridgehead atoms. The maximum Gasteiger partial charge on any atom is 0.433 e. The molecule has 1 aromatic heterocycles. The van der Waals surface area contributed by atoms with Crippen molar-refractivity contribution in [1.82, 2.24) is 4.98 Å². The Hall–Kier alpha value is -1.90. The molecule has 6 nitrogen and oxygen atoms in total. The number of halogens is 3. The lowest BCUT2D eigenvalue weighted by molar-refractivity contribution is -0.384. The van der Waals surface area contributed by atoms with E-state index in [9.17, 15) is 23.3 Å². The first-order valence-electron chi connectivity index (χ1n) is 5.75. The average Bonchev–Trinajstić information content (AvgIpc) is 2.33. The molecule has 1 atom stereocenters. The predicted octanol–water partition coefficient (Wildman–Crippen LogP) is 2.44. The van der Waals surface area contributed by atoms with E-state index in [2.05, 4.69) is 10.3 Å². The predicted molar refractivity (Wildman–Crippen MR) is 65.2 cm³/mol. The first-order valence-corrected chi connectivity index (χ1v) is 5.75. The van der Waals surface area contributed by atoms with Crippen LogP contribution in [0.4, 0.5) is 24.5 Å². The van der Waals surface area contributed by atoms with Crippen molar-refractivity contribution in [2.24, 2.45) is 5.92 Å². The van der Waals surface area contributed by atoms with Crippen molar-refractivity contribution in [2.45, 2.75) is 26.1 Å². The maximum atomic E-state index is 12.6. The highest BCUT2D eigenvalue weighted by Gasteiger charge is 2.34. The number of aliphatic hydroxyl groups excluding tert-OH is 1. The lowest BCUT2D eigenvalue weighted by Crippen LogP contribution is -2.30. The molecule has 0 aliphatic carbocycles. The molecule has 0 radical (unpaired) electrons. The van der Waals surface area contributed by atoms with Crippen LogP contribution >= 0.6 is 0 Å². The molecule has 1 aromatic rings. The molecule has 0 saturated carbocycles. The van der Waals surface area contributed by atoms with E-state index in [4.69, 9.17) is 5.11 Å². The zero-order chi connectivity index (χ0) is 15.5. The molecular formula is C11H14F3N3O3. The number of anilines is 1. The summed E-state index contributed by atoms with van der Waals surface area (Å²) in [5, 5.41) is 22.5. The van der Waals surface area contributed by atoms with Gasteiger partial charge in [-0.3, -0.25) is 10.1 Å². The number of nitro groups is 1. The summed E-state index contributed by atoms with van der Waals surface area (Å²) in [6.45, 7) is 3.09. The van der Waals surface area contributed by atoms with Gasteiger partial charge in [-0.05, 0) is 12.0 Å². The SMILES string of the molecule is CC(C)C(CO)Nc1cc(C(F)(F)F)ncc1[N+](=O)[O-]. The summed E-state index contributed by atoms with van der Waals surface area (Å²) in [6, 6.07) is -0.0272. The lowest BCUT2D eigenvalue weighted by Gasteiger charge is -2.21. The second-order valence-corrected chi connectivity index (χ2v) is 4.52. The number of nitrogens with one attached hydrogen (secondary N) is 1. The third-order valence-corrected chi connectivity index (χ3v) is 2.71. The largest absolute Gasteiger partial charge is 0.433 e. The summed E-state index contributed by atoms with van der Waals surface area (Å²) in [5.74, 6) is -0.123. The van der Waals surface area contributed by atoms with Gasteiger partial charge in [0.25, 0.3) is 0 Å². The van der Waals surface area contributed by atoms with E-state index in [0.717, 1.165) is 0 Å². The van der Waals surface area contributed by atoms with Gasteiger partial charge in [0.05, 0.1) is 17.6 Å². The van der Waals surface area contributed by atoms with Crippen molar-refractivity contribution >= 4 is 11.4 Å². The fourth-order valence-corrected chi connectivity index (χ4v) is 1.49. The van der Waals surface area contributed by atoms with Crippen molar-refractivity contribution < 1.29 is 23.2 Å². The highest BCUT2D eigenvalue weighted by Crippen LogP contribution is 2.33. The Morgan fingerprint density at radius 1 is 1.50 bits per heavy atom. The zero-order valence-electron chi connectivity index (χ0n) is 10.8. The van der Waals surface area contributed by atoms with Crippen LogP contribution in [0, 0.1) is 16.0 Å². The van der Waals surface area contributed by atoms with Crippen LogP contribution in [0.15, 0.2) is 12.3 Å². The number of hydrogen-bond acceptors (Lipinski definition) is 5. The zero-order valence-corrected chi connectivity index (χ0v) is 10.8. The van der Waals surface area contributed by atoms with Gasteiger partial charge in [0, 0.05) is 0 Å². The first kappa shape index (κ1) is 16.2. The monoisotopic (exact) mass is 293 g/mol. The number of pyridine rings is 1. The van der Waals surface area contributed by atoms with Crippen LogP contribution in [0.5, 0.6) is 0 Å². The number of nitrogens with zero attached hydrogens (tertiary/aromatic N) is 2. The highest BCUT2D eigenvalue weighted by molar-refractivity contribution is 5.61. The molecule has 20 heavy (non-hydrogen) atoms. The van der Waals surface area contributed by atoms with E-state index in [1.807, 2.05) is 0 Å². The number of rotatable bonds is 5. The minimum absolute atomic E-state index is 0.123. The molecule has 0 spiro atoms. The van der Waals surface area contributed by atoms with Gasteiger partial charge in [0.2, 0.25) is 0 Å². The van der Waals surface area contributed by atoms with Gasteiger partial charge in [0.1, 0.15) is 17.6 Å². The van der Waals surface area contributed by atoms with Gasteiger partial charge in [-0.15, -0.1) is 0 Å². The third kappa shape index (κ3) is 3.80. The smallest absolute Gasteiger partial charge is 0.394 e. The van der Waals surface area contributed by atoms with Gasteiger partial charge in [-0.25, -0.2) is 4.98 Å². The molecule has 1 unspecified atom stereocenters. The molecule has 0 fully saturated rings. The normalized spacial score (nSPS) is 13.3. The molecule has 0 amide bonds. The summed E-state index contributed by atoms with van der Waals surface area (Å²) in [5.41, 5.74) is -2.12. The summed E-state index contributed by atoms with van der Waals surface area (Å²) >= 11 is 0. The van der Waals surface area contributed by atoms with E-state index in [1.54, 1.807) is 13.8 Å². The second kappa shape index (κ2) is 6.04. The third-order valence-electron chi connectivity index (χ3n) is 2.71. The summed E-state index contributed by atoms with van der Waals surface area (Å²) in [4.78, 5) is 13.0. The van der Waals surface area contributed by atoms with Gasteiger partial charge in [-0.2, -0.15) is 13.2 Å². The molecule has 1 rings (SSSR count). The molecule has 1 heterocycles. The lowest BCUT2D eigenvalue weighted by atomic mass is 10.0. The van der Waals surface area contributed by atoms with E-state index >= 15 is 0 Å². The van der Waals surface area contributed by atoms with Crippen LogP contribution in [-0.4, -0.2) is 27.7 Å². The van der Waals surface area contributed by atoms with Crippen LogP contribution in [0.3, 0.4) is 0 Å². The van der Waals surface area contributed by atoms with Gasteiger partial charge in [-0.1, -0.05) is 13.8 Å². The number of aliphatic hydroxyl groups is 1. The van der Waals surface area contributed by atoms with Crippen molar-refractivity contribution in [2.75, 3.05) is 11.9 Å². The fourth-order valence-electron chi connectivity index (χ4n) is 1.49. The Morgan fingerprint density at radius 2 is 2.10 bits per heavy atom. The molecule has 112 valence electrons. The van der Waals surface area contributed by atoms with Crippen LogP contribution in [0.1, 0.15) is 19.5 Å².